The Balaban J connectivity index is 1.63. The Morgan fingerprint density at radius 1 is 0.714 bits per heavy atom. The summed E-state index contributed by atoms with van der Waals surface area (Å²) in [6.45, 7) is 1.62. The van der Waals surface area contributed by atoms with Crippen LogP contribution in [0, 0.1) is 0 Å². The van der Waals surface area contributed by atoms with Gasteiger partial charge in [0.25, 0.3) is 5.82 Å². The number of nitrogens with one attached hydrogen (secondary N) is 1. The van der Waals surface area contributed by atoms with Crippen molar-refractivity contribution in [3.63, 3.8) is 0 Å². The van der Waals surface area contributed by atoms with Gasteiger partial charge in [-0.2, -0.15) is 0 Å². The lowest BCUT2D eigenvalue weighted by Gasteiger charge is -2.06. The molecule has 0 aliphatic heterocycles. The molecular formula is C25H22N3+. The number of rotatable bonds is 5. The molecule has 136 valence electrons. The van der Waals surface area contributed by atoms with Gasteiger partial charge in [-0.1, -0.05) is 84.9 Å². The summed E-state index contributed by atoms with van der Waals surface area (Å²) >= 11 is 0. The Kier molecular flexibility index (Phi) is 4.26. The summed E-state index contributed by atoms with van der Waals surface area (Å²) in [6.07, 6.45) is 4.33. The Hall–Kier alpha value is -3.59. The molecule has 0 fully saturated rings. The van der Waals surface area contributed by atoms with Crippen molar-refractivity contribution in [2.24, 2.45) is 0 Å². The lowest BCUT2D eigenvalue weighted by atomic mass is 10.1. The average molecular weight is 364 g/mol. The van der Waals surface area contributed by atoms with E-state index < -0.39 is 0 Å². The van der Waals surface area contributed by atoms with E-state index in [4.69, 9.17) is 0 Å². The average Bonchev–Trinajstić information content (AvgIpc) is 3.11. The van der Waals surface area contributed by atoms with Gasteiger partial charge in [-0.05, 0) is 22.6 Å². The molecule has 0 spiro atoms. The van der Waals surface area contributed by atoms with Gasteiger partial charge in [-0.15, -0.1) is 0 Å². The predicted octanol–water partition coefficient (Wildman–Crippen LogP) is 5.04. The van der Waals surface area contributed by atoms with Gasteiger partial charge in [0.1, 0.15) is 0 Å². The molecule has 1 N–H and O–H groups in total. The minimum Gasteiger partial charge on any atom is -0.298 e. The van der Waals surface area contributed by atoms with Crippen LogP contribution in [-0.4, -0.2) is 4.40 Å². The van der Waals surface area contributed by atoms with Gasteiger partial charge in [0.05, 0.1) is 19.3 Å². The molecule has 28 heavy (non-hydrogen) atoms. The van der Waals surface area contributed by atoms with E-state index >= 15 is 0 Å². The standard InChI is InChI=1S/C25H22N3/c1-3-9-20(10-4-1)17-26-25-24-23-14-8-7-13-22(23)15-16-27(24)19-28(25)18-21-11-5-2-6-12-21/h1-16,19,26H,17-18H2/q+1. The largest absolute Gasteiger partial charge is 0.298 e. The molecule has 3 aromatic carbocycles. The van der Waals surface area contributed by atoms with E-state index in [1.807, 2.05) is 0 Å². The number of imidazole rings is 1. The van der Waals surface area contributed by atoms with Crippen LogP contribution in [0.3, 0.4) is 0 Å². The zero-order valence-corrected chi connectivity index (χ0v) is 15.6. The summed E-state index contributed by atoms with van der Waals surface area (Å²) < 4.78 is 4.53. The molecule has 0 aliphatic carbocycles. The van der Waals surface area contributed by atoms with Gasteiger partial charge < -0.3 is 0 Å². The van der Waals surface area contributed by atoms with Crippen LogP contribution in [0.4, 0.5) is 5.82 Å². The van der Waals surface area contributed by atoms with E-state index in [-0.39, 0.29) is 0 Å². The molecule has 0 amide bonds. The van der Waals surface area contributed by atoms with Crippen LogP contribution in [0.1, 0.15) is 11.1 Å². The smallest absolute Gasteiger partial charge is 0.262 e. The Morgan fingerprint density at radius 2 is 1.39 bits per heavy atom. The van der Waals surface area contributed by atoms with Crippen molar-refractivity contribution >= 4 is 22.1 Å². The molecule has 0 radical (unpaired) electrons. The van der Waals surface area contributed by atoms with E-state index in [0.717, 1.165) is 18.9 Å². The van der Waals surface area contributed by atoms with E-state index in [1.165, 1.54) is 27.4 Å². The number of hydrogen-bond donors (Lipinski definition) is 1. The fourth-order valence-corrected chi connectivity index (χ4v) is 3.79. The number of benzene rings is 3. The maximum Gasteiger partial charge on any atom is 0.262 e. The van der Waals surface area contributed by atoms with Crippen LogP contribution < -0.4 is 9.88 Å². The minimum absolute atomic E-state index is 0.790. The number of anilines is 1. The topological polar surface area (TPSA) is 20.3 Å². The lowest BCUT2D eigenvalue weighted by molar-refractivity contribution is -0.673. The van der Waals surface area contributed by atoms with Crippen LogP contribution in [0.2, 0.25) is 0 Å². The molecule has 0 atom stereocenters. The van der Waals surface area contributed by atoms with Crippen molar-refractivity contribution in [3.05, 3.63) is 115 Å². The van der Waals surface area contributed by atoms with Crippen LogP contribution in [0.5, 0.6) is 0 Å². The molecule has 3 heteroatoms. The Bertz CT molecular complexity index is 1220. The third kappa shape index (κ3) is 3.12. The second-order valence-electron chi connectivity index (χ2n) is 7.08. The zero-order chi connectivity index (χ0) is 18.8. The van der Waals surface area contributed by atoms with Gasteiger partial charge in [-0.3, -0.25) is 5.32 Å². The first-order valence-electron chi connectivity index (χ1n) is 9.62. The number of fused-ring (bicyclic) bond motifs is 3. The van der Waals surface area contributed by atoms with Crippen molar-refractivity contribution in [2.75, 3.05) is 5.32 Å². The molecule has 0 bridgehead atoms. The molecule has 3 nitrogen and oxygen atoms in total. The second-order valence-corrected chi connectivity index (χ2v) is 7.08. The molecule has 2 heterocycles. The van der Waals surface area contributed by atoms with Gasteiger partial charge in [0.2, 0.25) is 0 Å². The lowest BCUT2D eigenvalue weighted by Crippen LogP contribution is -2.35. The quantitative estimate of drug-likeness (QED) is 0.433. The van der Waals surface area contributed by atoms with E-state index in [2.05, 4.69) is 118 Å². The fourth-order valence-electron chi connectivity index (χ4n) is 3.79. The number of nitrogens with zero attached hydrogens (tertiary/aromatic N) is 2. The summed E-state index contributed by atoms with van der Waals surface area (Å²) in [7, 11) is 0. The number of pyridine rings is 1. The fraction of sp³-hybridized carbons (Fsp3) is 0.0800. The van der Waals surface area contributed by atoms with Crippen molar-refractivity contribution in [1.29, 1.82) is 0 Å². The Morgan fingerprint density at radius 3 is 2.18 bits per heavy atom. The summed E-state index contributed by atoms with van der Waals surface area (Å²) in [5.41, 5.74) is 3.77. The van der Waals surface area contributed by atoms with Crippen molar-refractivity contribution in [2.45, 2.75) is 13.1 Å². The maximum absolute atomic E-state index is 3.71. The molecule has 0 aliphatic rings. The highest BCUT2D eigenvalue weighted by molar-refractivity contribution is 6.00. The highest BCUT2D eigenvalue weighted by Gasteiger charge is 2.19. The van der Waals surface area contributed by atoms with Crippen LogP contribution >= 0.6 is 0 Å². The molecule has 5 aromatic rings. The number of hydrogen-bond acceptors (Lipinski definition) is 1. The first-order valence-corrected chi connectivity index (χ1v) is 9.62. The monoisotopic (exact) mass is 364 g/mol. The van der Waals surface area contributed by atoms with Crippen molar-refractivity contribution in [3.8, 4) is 0 Å². The van der Waals surface area contributed by atoms with Gasteiger partial charge >= 0.3 is 0 Å². The highest BCUT2D eigenvalue weighted by Crippen LogP contribution is 2.25. The van der Waals surface area contributed by atoms with E-state index in [0.29, 0.717) is 0 Å². The molecule has 0 saturated heterocycles. The zero-order valence-electron chi connectivity index (χ0n) is 15.6. The third-order valence-electron chi connectivity index (χ3n) is 5.16. The van der Waals surface area contributed by atoms with Crippen LogP contribution in [-0.2, 0) is 13.1 Å². The summed E-state index contributed by atoms with van der Waals surface area (Å²) in [6, 6.07) is 31.9. The normalized spacial score (nSPS) is 11.1. The predicted molar refractivity (Wildman–Crippen MR) is 114 cm³/mol. The minimum atomic E-state index is 0.790. The van der Waals surface area contributed by atoms with Crippen LogP contribution in [0.15, 0.2) is 104 Å². The SMILES string of the molecule is c1ccc(CNc2c3c4ccccc4ccn3c[n+]2Cc2ccccc2)cc1. The first-order chi connectivity index (χ1) is 13.9. The number of aromatic nitrogens is 2. The maximum atomic E-state index is 3.71. The van der Waals surface area contributed by atoms with Gasteiger partial charge in [0.15, 0.2) is 11.8 Å². The third-order valence-corrected chi connectivity index (χ3v) is 5.16. The highest BCUT2D eigenvalue weighted by atomic mass is 15.2. The van der Waals surface area contributed by atoms with E-state index in [1.54, 1.807) is 0 Å². The van der Waals surface area contributed by atoms with Gasteiger partial charge in [-0.25, -0.2) is 8.97 Å². The molecule has 5 rings (SSSR count). The molecule has 0 unspecified atom stereocenters. The first kappa shape index (κ1) is 16.6. The summed E-state index contributed by atoms with van der Waals surface area (Å²) in [4.78, 5) is 0. The molecule has 2 aromatic heterocycles. The summed E-state index contributed by atoms with van der Waals surface area (Å²) in [5, 5.41) is 6.22. The van der Waals surface area contributed by atoms with E-state index in [9.17, 15) is 0 Å². The van der Waals surface area contributed by atoms with Crippen LogP contribution in [0.25, 0.3) is 16.3 Å². The Labute approximate surface area is 164 Å². The van der Waals surface area contributed by atoms with Crippen molar-refractivity contribution in [1.82, 2.24) is 4.40 Å². The van der Waals surface area contributed by atoms with Crippen molar-refractivity contribution < 1.29 is 4.57 Å². The summed E-state index contributed by atoms with van der Waals surface area (Å²) in [5.74, 6) is 1.14. The molecule has 0 saturated carbocycles. The van der Waals surface area contributed by atoms with Gasteiger partial charge in [0, 0.05) is 5.39 Å². The molecular weight excluding hydrogens is 342 g/mol. The second kappa shape index (κ2) is 7.20.